The lowest BCUT2D eigenvalue weighted by molar-refractivity contribution is 0.464. The molecule has 2 aromatic rings. The van der Waals surface area contributed by atoms with Crippen molar-refractivity contribution in [1.82, 2.24) is 0 Å². The quantitative estimate of drug-likeness (QED) is 0.340. The van der Waals surface area contributed by atoms with Crippen molar-refractivity contribution in [2.75, 3.05) is 0 Å². The summed E-state index contributed by atoms with van der Waals surface area (Å²) in [5, 5.41) is 20.9. The largest absolute Gasteiger partial charge is 0.505 e. The molecule has 0 fully saturated rings. The van der Waals surface area contributed by atoms with Crippen molar-refractivity contribution in [3.63, 3.8) is 0 Å². The predicted molar refractivity (Wildman–Crippen MR) is 109 cm³/mol. The van der Waals surface area contributed by atoms with Gasteiger partial charge in [-0.3, -0.25) is 0 Å². The molecule has 23 heavy (non-hydrogen) atoms. The minimum Gasteiger partial charge on any atom is -0.505 e. The van der Waals surface area contributed by atoms with Crippen LogP contribution in [0.4, 0.5) is 0 Å². The second-order valence-corrected chi connectivity index (χ2v) is 9.44. The van der Waals surface area contributed by atoms with Gasteiger partial charge in [0.05, 0.1) is 19.0 Å². The van der Waals surface area contributed by atoms with Crippen LogP contribution in [-0.4, -0.2) is 10.2 Å². The molecule has 0 radical (unpaired) electrons. The van der Waals surface area contributed by atoms with E-state index in [4.69, 9.17) is 23.2 Å². The van der Waals surface area contributed by atoms with Gasteiger partial charge >= 0.3 is 0 Å². The molecule has 0 amide bonds. The summed E-state index contributed by atoms with van der Waals surface area (Å²) < 4.78 is 2.15. The van der Waals surface area contributed by atoms with Crippen molar-refractivity contribution in [2.45, 2.75) is 19.3 Å². The first-order valence-corrected chi connectivity index (χ1v) is 10.2. The van der Waals surface area contributed by atoms with E-state index in [1.807, 2.05) is 26.0 Å². The highest BCUT2D eigenvalue weighted by Crippen LogP contribution is 2.50. The summed E-state index contributed by atoms with van der Waals surface area (Å²) in [6.07, 6.45) is 0. The number of aromatic hydroxyl groups is 2. The summed E-state index contributed by atoms with van der Waals surface area (Å²) in [4.78, 5) is 0. The number of phenols is 2. The van der Waals surface area contributed by atoms with Crippen molar-refractivity contribution in [1.29, 1.82) is 0 Å². The van der Waals surface area contributed by atoms with Crippen LogP contribution in [0.3, 0.4) is 0 Å². The van der Waals surface area contributed by atoms with Crippen molar-refractivity contribution < 1.29 is 10.2 Å². The zero-order valence-electron chi connectivity index (χ0n) is 11.8. The molecule has 0 atom stereocenters. The van der Waals surface area contributed by atoms with Crippen LogP contribution >= 0.6 is 86.9 Å². The van der Waals surface area contributed by atoms with E-state index in [1.165, 1.54) is 0 Å². The van der Waals surface area contributed by atoms with Crippen LogP contribution in [0.25, 0.3) is 0 Å². The molecule has 0 unspecified atom stereocenters. The van der Waals surface area contributed by atoms with Crippen molar-refractivity contribution in [2.24, 2.45) is 0 Å². The van der Waals surface area contributed by atoms with Gasteiger partial charge in [0.15, 0.2) is 0 Å². The Labute approximate surface area is 177 Å². The SMILES string of the molecule is CC(C)(c1cc(Br)c(Cl)c(O)c1Br)c1cc(Br)c(Cl)c(O)c1Br. The molecule has 2 nitrogen and oxygen atoms in total. The highest BCUT2D eigenvalue weighted by Gasteiger charge is 2.32. The predicted octanol–water partition coefficient (Wildman–Crippen LogP) is 7.78. The van der Waals surface area contributed by atoms with Crippen LogP contribution in [0.5, 0.6) is 11.5 Å². The first-order chi connectivity index (χ1) is 10.5. The summed E-state index contributed by atoms with van der Waals surface area (Å²) in [6.45, 7) is 3.93. The van der Waals surface area contributed by atoms with E-state index in [2.05, 4.69) is 63.7 Å². The monoisotopic (exact) mass is 608 g/mol. The first kappa shape index (κ1) is 19.9. The summed E-state index contributed by atoms with van der Waals surface area (Å²) in [7, 11) is 0. The molecule has 0 heterocycles. The molecule has 2 rings (SSSR count). The molecule has 124 valence electrons. The number of hydrogen-bond donors (Lipinski definition) is 2. The number of hydrogen-bond acceptors (Lipinski definition) is 2. The smallest absolute Gasteiger partial charge is 0.149 e. The molecule has 0 aliphatic heterocycles. The van der Waals surface area contributed by atoms with E-state index < -0.39 is 5.41 Å². The Hall–Kier alpha value is 0.540. The maximum absolute atomic E-state index is 10.2. The Balaban J connectivity index is 2.79. The topological polar surface area (TPSA) is 40.5 Å². The minimum atomic E-state index is -0.577. The van der Waals surface area contributed by atoms with Crippen molar-refractivity contribution in [3.8, 4) is 11.5 Å². The lowest BCUT2D eigenvalue weighted by Crippen LogP contribution is -2.20. The van der Waals surface area contributed by atoms with Gasteiger partial charge in [-0.25, -0.2) is 0 Å². The molecule has 0 aliphatic carbocycles. The third-order valence-corrected chi connectivity index (χ3v) is 7.69. The zero-order chi connectivity index (χ0) is 17.7. The van der Waals surface area contributed by atoms with E-state index in [9.17, 15) is 10.2 Å². The Morgan fingerprint density at radius 1 is 0.783 bits per heavy atom. The molecular formula is C15H10Br4Cl2O2. The van der Waals surface area contributed by atoms with Gasteiger partial charge < -0.3 is 10.2 Å². The van der Waals surface area contributed by atoms with Crippen molar-refractivity contribution >= 4 is 86.9 Å². The van der Waals surface area contributed by atoms with E-state index in [0.717, 1.165) is 11.1 Å². The van der Waals surface area contributed by atoms with Gasteiger partial charge in [-0.2, -0.15) is 0 Å². The maximum atomic E-state index is 10.2. The van der Waals surface area contributed by atoms with Crippen LogP contribution in [0.2, 0.25) is 10.0 Å². The average Bonchev–Trinajstić information content (AvgIpc) is 2.49. The molecule has 2 N–H and O–H groups in total. The summed E-state index contributed by atoms with van der Waals surface area (Å²) in [6, 6.07) is 3.66. The second-order valence-electron chi connectivity index (χ2n) is 5.39. The van der Waals surface area contributed by atoms with Crippen LogP contribution in [0, 0.1) is 0 Å². The van der Waals surface area contributed by atoms with Gasteiger partial charge in [-0.05, 0) is 87.0 Å². The fraction of sp³-hybridized carbons (Fsp3) is 0.200. The summed E-state index contributed by atoms with van der Waals surface area (Å²) in [5.74, 6) is -0.0880. The molecule has 0 saturated heterocycles. The molecule has 8 heteroatoms. The normalized spacial score (nSPS) is 11.8. The molecule has 2 aromatic carbocycles. The molecule has 0 aliphatic rings. The van der Waals surface area contributed by atoms with Crippen LogP contribution < -0.4 is 0 Å². The standard InChI is InChI=1S/C15H10Br4Cl2O2/c1-15(2,5-3-7(16)11(20)13(22)9(5)18)6-4-8(17)12(21)14(23)10(6)19/h3-4,22-23H,1-2H3. The third kappa shape index (κ3) is 3.44. The Morgan fingerprint density at radius 3 is 1.39 bits per heavy atom. The maximum Gasteiger partial charge on any atom is 0.149 e. The number of halogens is 6. The lowest BCUT2D eigenvalue weighted by atomic mass is 9.78. The van der Waals surface area contributed by atoms with Gasteiger partial charge in [0.1, 0.15) is 11.5 Å². The number of phenolic OH excluding ortho intramolecular Hbond substituents is 2. The molecule has 0 spiro atoms. The average molecular weight is 613 g/mol. The summed E-state index contributed by atoms with van der Waals surface area (Å²) >= 11 is 25.6. The zero-order valence-corrected chi connectivity index (χ0v) is 19.7. The number of rotatable bonds is 2. The van der Waals surface area contributed by atoms with Gasteiger partial charge in [0, 0.05) is 14.4 Å². The molecule has 0 bridgehead atoms. The molecule has 0 saturated carbocycles. The fourth-order valence-corrected chi connectivity index (χ4v) is 5.21. The Morgan fingerprint density at radius 2 is 1.09 bits per heavy atom. The number of benzene rings is 2. The van der Waals surface area contributed by atoms with Crippen LogP contribution in [0.1, 0.15) is 25.0 Å². The third-order valence-electron chi connectivity index (χ3n) is 3.61. The summed E-state index contributed by atoms with van der Waals surface area (Å²) in [5.41, 5.74) is 1.01. The Kier molecular flexibility index (Phi) is 6.08. The Bertz CT molecular complexity index is 742. The van der Waals surface area contributed by atoms with Gasteiger partial charge in [0.25, 0.3) is 0 Å². The first-order valence-electron chi connectivity index (χ1n) is 6.24. The van der Waals surface area contributed by atoms with Gasteiger partial charge in [0.2, 0.25) is 0 Å². The fourth-order valence-electron chi connectivity index (χ4n) is 2.24. The van der Waals surface area contributed by atoms with Crippen LogP contribution in [0.15, 0.2) is 30.0 Å². The van der Waals surface area contributed by atoms with E-state index in [-0.39, 0.29) is 21.5 Å². The van der Waals surface area contributed by atoms with Crippen molar-refractivity contribution in [3.05, 3.63) is 51.2 Å². The highest BCUT2D eigenvalue weighted by molar-refractivity contribution is 9.11. The van der Waals surface area contributed by atoms with E-state index in [1.54, 1.807) is 0 Å². The highest BCUT2D eigenvalue weighted by atomic mass is 79.9. The lowest BCUT2D eigenvalue weighted by Gasteiger charge is -2.30. The minimum absolute atomic E-state index is 0.0440. The van der Waals surface area contributed by atoms with E-state index >= 15 is 0 Å². The molecule has 0 aromatic heterocycles. The second kappa shape index (κ2) is 7.04. The van der Waals surface area contributed by atoms with E-state index in [0.29, 0.717) is 17.9 Å². The van der Waals surface area contributed by atoms with Crippen LogP contribution in [-0.2, 0) is 5.41 Å². The van der Waals surface area contributed by atoms with Gasteiger partial charge in [-0.15, -0.1) is 0 Å². The van der Waals surface area contributed by atoms with Gasteiger partial charge in [-0.1, -0.05) is 37.0 Å². The molecular weight excluding hydrogens is 603 g/mol.